The lowest BCUT2D eigenvalue weighted by Gasteiger charge is -2.08. The third-order valence-electron chi connectivity index (χ3n) is 6.04. The number of rotatable bonds is 7. The van der Waals surface area contributed by atoms with E-state index in [2.05, 4.69) is 27.5 Å². The molecule has 176 valence electrons. The summed E-state index contributed by atoms with van der Waals surface area (Å²) in [6, 6.07) is 21.9. The van der Waals surface area contributed by atoms with E-state index in [0.29, 0.717) is 23.3 Å². The van der Waals surface area contributed by atoms with Crippen molar-refractivity contribution in [3.63, 3.8) is 0 Å². The van der Waals surface area contributed by atoms with Gasteiger partial charge in [0.05, 0.1) is 24.1 Å². The molecule has 5 rings (SSSR count). The predicted octanol–water partition coefficient (Wildman–Crippen LogP) is 4.30. The van der Waals surface area contributed by atoms with Gasteiger partial charge >= 0.3 is 0 Å². The fraction of sp³-hybridized carbons (Fsp3) is 0.185. The molecule has 0 unspecified atom stereocenters. The van der Waals surface area contributed by atoms with E-state index in [9.17, 15) is 9.59 Å². The average Bonchev–Trinajstić information content (AvgIpc) is 3.42. The van der Waals surface area contributed by atoms with Gasteiger partial charge in [0.25, 0.3) is 5.56 Å². The summed E-state index contributed by atoms with van der Waals surface area (Å²) < 4.78 is 3.87. The quantitative estimate of drug-likeness (QED) is 0.374. The van der Waals surface area contributed by atoms with E-state index in [1.54, 1.807) is 0 Å². The maximum atomic E-state index is 13.0. The zero-order valence-electron chi connectivity index (χ0n) is 19.6. The van der Waals surface area contributed by atoms with Gasteiger partial charge in [-0.3, -0.25) is 18.8 Å². The van der Waals surface area contributed by atoms with E-state index < -0.39 is 0 Å². The lowest BCUT2D eigenvalue weighted by molar-refractivity contribution is -0.121. The Kier molecular flexibility index (Phi) is 6.29. The normalized spacial score (nSPS) is 11.1. The first-order valence-electron chi connectivity index (χ1n) is 11.4. The number of thiophene rings is 1. The standard InChI is InChI=1S/C27H25N5O2S/c1-18-22(19(2)32(30-18)15-20-9-5-3-6-10-20)14-28-25(33)16-31-17-29-23-13-24(35-26(23)27(31)34)21-11-7-4-8-12-21/h3-13,17H,14-16H2,1-2H3,(H,28,33). The first-order valence-corrected chi connectivity index (χ1v) is 12.2. The van der Waals surface area contributed by atoms with Gasteiger partial charge in [-0.25, -0.2) is 4.98 Å². The molecule has 8 heteroatoms. The molecule has 0 saturated carbocycles. The number of amides is 1. The molecular weight excluding hydrogens is 458 g/mol. The summed E-state index contributed by atoms with van der Waals surface area (Å²) in [7, 11) is 0. The average molecular weight is 484 g/mol. The van der Waals surface area contributed by atoms with Crippen LogP contribution in [0.2, 0.25) is 0 Å². The minimum absolute atomic E-state index is 0.0867. The molecule has 0 bridgehead atoms. The maximum absolute atomic E-state index is 13.0. The van der Waals surface area contributed by atoms with Gasteiger partial charge in [-0.05, 0) is 31.0 Å². The lowest BCUT2D eigenvalue weighted by atomic mass is 10.2. The second-order valence-corrected chi connectivity index (χ2v) is 9.49. The number of fused-ring (bicyclic) bond motifs is 1. The second-order valence-electron chi connectivity index (χ2n) is 8.44. The van der Waals surface area contributed by atoms with Gasteiger partial charge in [0.15, 0.2) is 0 Å². The number of aromatic nitrogens is 4. The zero-order valence-corrected chi connectivity index (χ0v) is 20.4. The lowest BCUT2D eigenvalue weighted by Crippen LogP contribution is -2.32. The van der Waals surface area contributed by atoms with E-state index in [4.69, 9.17) is 0 Å². The molecular formula is C27H25N5O2S. The topological polar surface area (TPSA) is 81.8 Å². The van der Waals surface area contributed by atoms with Gasteiger partial charge in [-0.2, -0.15) is 5.10 Å². The molecule has 0 aliphatic carbocycles. The second kappa shape index (κ2) is 9.68. The summed E-state index contributed by atoms with van der Waals surface area (Å²) in [5, 5.41) is 7.58. The summed E-state index contributed by atoms with van der Waals surface area (Å²) in [6.45, 7) is 4.89. The van der Waals surface area contributed by atoms with Crippen LogP contribution in [0.4, 0.5) is 0 Å². The van der Waals surface area contributed by atoms with Gasteiger partial charge in [-0.1, -0.05) is 60.7 Å². The zero-order chi connectivity index (χ0) is 24.4. The van der Waals surface area contributed by atoms with Crippen molar-refractivity contribution in [1.29, 1.82) is 0 Å². The minimum Gasteiger partial charge on any atom is -0.350 e. The number of nitrogens with zero attached hydrogens (tertiary/aromatic N) is 4. The molecule has 5 aromatic rings. The first-order chi connectivity index (χ1) is 17.0. The van der Waals surface area contributed by atoms with E-state index in [1.807, 2.05) is 73.1 Å². The fourth-order valence-electron chi connectivity index (χ4n) is 4.10. The van der Waals surface area contributed by atoms with Crippen molar-refractivity contribution in [2.24, 2.45) is 0 Å². The molecule has 7 nitrogen and oxygen atoms in total. The Hall–Kier alpha value is -4.04. The molecule has 3 aromatic heterocycles. The molecule has 0 aliphatic rings. The highest BCUT2D eigenvalue weighted by Gasteiger charge is 2.15. The van der Waals surface area contributed by atoms with Gasteiger partial charge in [0.2, 0.25) is 5.91 Å². The van der Waals surface area contributed by atoms with Crippen LogP contribution in [0, 0.1) is 13.8 Å². The molecule has 0 spiro atoms. The summed E-state index contributed by atoms with van der Waals surface area (Å²) in [5.41, 5.74) is 5.52. The molecule has 1 amide bonds. The molecule has 1 N–H and O–H groups in total. The largest absolute Gasteiger partial charge is 0.350 e. The van der Waals surface area contributed by atoms with Gasteiger partial charge in [0, 0.05) is 22.7 Å². The van der Waals surface area contributed by atoms with Crippen molar-refractivity contribution in [2.45, 2.75) is 33.5 Å². The minimum atomic E-state index is -0.248. The van der Waals surface area contributed by atoms with Gasteiger partial charge in [-0.15, -0.1) is 11.3 Å². The Morgan fingerprint density at radius 1 is 1.03 bits per heavy atom. The monoisotopic (exact) mass is 483 g/mol. The van der Waals surface area contributed by atoms with Crippen molar-refractivity contribution in [3.05, 3.63) is 106 Å². The maximum Gasteiger partial charge on any atom is 0.271 e. The van der Waals surface area contributed by atoms with Crippen LogP contribution in [0.5, 0.6) is 0 Å². The highest BCUT2D eigenvalue weighted by Crippen LogP contribution is 2.30. The summed E-state index contributed by atoms with van der Waals surface area (Å²) in [4.78, 5) is 31.1. The third kappa shape index (κ3) is 4.79. The molecule has 2 aromatic carbocycles. The van der Waals surface area contributed by atoms with Crippen molar-refractivity contribution < 1.29 is 4.79 Å². The van der Waals surface area contributed by atoms with Crippen LogP contribution in [-0.4, -0.2) is 25.2 Å². The summed E-state index contributed by atoms with van der Waals surface area (Å²) >= 11 is 1.40. The fourth-order valence-corrected chi connectivity index (χ4v) is 5.17. The molecule has 0 aliphatic heterocycles. The van der Waals surface area contributed by atoms with Crippen LogP contribution >= 0.6 is 11.3 Å². The molecule has 0 saturated heterocycles. The molecule has 3 heterocycles. The number of hydrogen-bond donors (Lipinski definition) is 1. The molecule has 0 fully saturated rings. The number of carbonyl (C=O) groups excluding carboxylic acids is 1. The van der Waals surface area contributed by atoms with Crippen LogP contribution in [0.1, 0.15) is 22.5 Å². The number of hydrogen-bond acceptors (Lipinski definition) is 5. The Balaban J connectivity index is 1.28. The predicted molar refractivity (Wildman–Crippen MR) is 138 cm³/mol. The molecule has 0 atom stereocenters. The highest BCUT2D eigenvalue weighted by atomic mass is 32.1. The van der Waals surface area contributed by atoms with Crippen LogP contribution in [-0.2, 0) is 24.4 Å². The Labute approximate surface area is 206 Å². The van der Waals surface area contributed by atoms with Crippen molar-refractivity contribution in [2.75, 3.05) is 0 Å². The number of benzene rings is 2. The Morgan fingerprint density at radius 2 is 1.74 bits per heavy atom. The summed E-state index contributed by atoms with van der Waals surface area (Å²) in [5.74, 6) is -0.248. The third-order valence-corrected chi connectivity index (χ3v) is 7.21. The SMILES string of the molecule is Cc1nn(Cc2ccccc2)c(C)c1CNC(=O)Cn1cnc2cc(-c3ccccc3)sc2c1=O. The van der Waals surface area contributed by atoms with Gasteiger partial charge in [0.1, 0.15) is 11.2 Å². The van der Waals surface area contributed by atoms with Crippen molar-refractivity contribution in [3.8, 4) is 10.4 Å². The van der Waals surface area contributed by atoms with Crippen LogP contribution < -0.4 is 10.9 Å². The van der Waals surface area contributed by atoms with Crippen LogP contribution in [0.3, 0.4) is 0 Å². The van der Waals surface area contributed by atoms with Crippen LogP contribution in [0.25, 0.3) is 20.7 Å². The first kappa shape index (κ1) is 22.7. The number of nitrogens with one attached hydrogen (secondary N) is 1. The van der Waals surface area contributed by atoms with Gasteiger partial charge < -0.3 is 5.32 Å². The highest BCUT2D eigenvalue weighted by molar-refractivity contribution is 7.22. The molecule has 0 radical (unpaired) electrons. The summed E-state index contributed by atoms with van der Waals surface area (Å²) in [6.07, 6.45) is 1.44. The Bertz CT molecular complexity index is 1550. The van der Waals surface area contributed by atoms with Crippen molar-refractivity contribution >= 4 is 27.5 Å². The van der Waals surface area contributed by atoms with E-state index in [-0.39, 0.29) is 18.0 Å². The smallest absolute Gasteiger partial charge is 0.271 e. The molecule has 35 heavy (non-hydrogen) atoms. The Morgan fingerprint density at radius 3 is 2.49 bits per heavy atom. The number of carbonyl (C=O) groups is 1. The van der Waals surface area contributed by atoms with Crippen LogP contribution in [0.15, 0.2) is 77.9 Å². The number of aryl methyl sites for hydroxylation is 1. The van der Waals surface area contributed by atoms with E-state index in [0.717, 1.165) is 27.4 Å². The van der Waals surface area contributed by atoms with E-state index >= 15 is 0 Å². The van der Waals surface area contributed by atoms with Crippen molar-refractivity contribution in [1.82, 2.24) is 24.6 Å². The van der Waals surface area contributed by atoms with E-state index in [1.165, 1.54) is 27.8 Å².